The fourth-order valence-corrected chi connectivity index (χ4v) is 3.43. The molecule has 152 valence electrons. The summed E-state index contributed by atoms with van der Waals surface area (Å²) in [5.74, 6) is -1.82. The van der Waals surface area contributed by atoms with E-state index in [9.17, 15) is 19.2 Å². The van der Waals surface area contributed by atoms with E-state index in [2.05, 4.69) is 10.1 Å². The van der Waals surface area contributed by atoms with Gasteiger partial charge in [0.1, 0.15) is 30.6 Å². The van der Waals surface area contributed by atoms with Crippen LogP contribution in [0, 0.1) is 23.1 Å². The Balaban J connectivity index is 1.77. The zero-order valence-corrected chi connectivity index (χ0v) is 15.4. The van der Waals surface area contributed by atoms with Crippen LogP contribution in [0.5, 0.6) is 0 Å². The summed E-state index contributed by atoms with van der Waals surface area (Å²) in [4.78, 5) is 27.3. The fourth-order valence-electron chi connectivity index (χ4n) is 3.43. The second-order valence-corrected chi connectivity index (χ2v) is 6.94. The topological polar surface area (TPSA) is 151 Å². The lowest BCUT2D eigenvalue weighted by atomic mass is 9.92. The molecule has 2 aromatic rings. The molecule has 12 heteroatoms. The number of anilines is 1. The van der Waals surface area contributed by atoms with E-state index in [1.54, 1.807) is 13.8 Å². The minimum Gasteiger partial charge on any atom is -0.463 e. The minimum absolute atomic E-state index is 0.0624. The largest absolute Gasteiger partial charge is 0.509 e. The molecule has 0 radical (unpaired) electrons. The van der Waals surface area contributed by atoms with Crippen molar-refractivity contribution in [2.24, 2.45) is 5.92 Å². The molecule has 0 amide bonds. The number of esters is 1. The molecule has 0 unspecified atom stereocenters. The van der Waals surface area contributed by atoms with Gasteiger partial charge in [-0.2, -0.15) is 10.4 Å². The van der Waals surface area contributed by atoms with Crippen molar-refractivity contribution in [2.45, 2.75) is 37.8 Å². The van der Waals surface area contributed by atoms with Crippen LogP contribution in [0.15, 0.2) is 12.4 Å². The van der Waals surface area contributed by atoms with Crippen LogP contribution < -0.4 is 5.73 Å². The zero-order valence-electron chi connectivity index (χ0n) is 15.4. The average molecular weight is 405 g/mol. The normalized spacial score (nSPS) is 28.1. The second-order valence-electron chi connectivity index (χ2n) is 6.94. The van der Waals surface area contributed by atoms with Crippen molar-refractivity contribution in [3.8, 4) is 6.07 Å². The van der Waals surface area contributed by atoms with Crippen LogP contribution in [0.25, 0.3) is 5.52 Å². The van der Waals surface area contributed by atoms with E-state index in [1.165, 1.54) is 0 Å². The average Bonchev–Trinajstić information content (AvgIpc) is 3.31. The van der Waals surface area contributed by atoms with E-state index < -0.39 is 47.8 Å². The highest BCUT2D eigenvalue weighted by Gasteiger charge is 2.66. The molecule has 0 aromatic carbocycles. The summed E-state index contributed by atoms with van der Waals surface area (Å²) >= 11 is 0. The van der Waals surface area contributed by atoms with E-state index in [0.29, 0.717) is 0 Å². The Morgan fingerprint density at radius 1 is 1.52 bits per heavy atom. The number of nitrogen functional groups attached to an aromatic ring is 1. The number of rotatable bonds is 4. The van der Waals surface area contributed by atoms with E-state index in [-0.39, 0.29) is 23.6 Å². The number of nitriles is 1. The molecule has 2 saturated heterocycles. The molecular weight excluding hydrogens is 389 g/mol. The van der Waals surface area contributed by atoms with Gasteiger partial charge in [0.2, 0.25) is 5.60 Å². The van der Waals surface area contributed by atoms with Crippen molar-refractivity contribution in [1.29, 1.82) is 5.26 Å². The highest BCUT2D eigenvalue weighted by atomic mass is 19.1. The maximum atomic E-state index is 14.5. The summed E-state index contributed by atoms with van der Waals surface area (Å²) in [6.07, 6.45) is -3.23. The maximum Gasteiger partial charge on any atom is 0.509 e. The third-order valence-electron chi connectivity index (χ3n) is 4.80. The molecule has 0 spiro atoms. The Morgan fingerprint density at radius 2 is 2.28 bits per heavy atom. The van der Waals surface area contributed by atoms with Gasteiger partial charge in [0, 0.05) is 6.07 Å². The molecule has 4 atom stereocenters. The fraction of sp³-hybridized carbons (Fsp3) is 0.471. The summed E-state index contributed by atoms with van der Waals surface area (Å²) in [5, 5.41) is 13.9. The first kappa shape index (κ1) is 18.9. The number of ether oxygens (including phenoxy) is 4. The first-order valence-electron chi connectivity index (χ1n) is 8.69. The van der Waals surface area contributed by atoms with Crippen LogP contribution in [0.4, 0.5) is 15.0 Å². The molecule has 0 saturated carbocycles. The predicted molar refractivity (Wildman–Crippen MR) is 90.5 cm³/mol. The monoisotopic (exact) mass is 405 g/mol. The van der Waals surface area contributed by atoms with Crippen molar-refractivity contribution in [3.05, 3.63) is 23.9 Å². The lowest BCUT2D eigenvalue weighted by Gasteiger charge is -2.24. The molecule has 11 nitrogen and oxygen atoms in total. The molecule has 0 bridgehead atoms. The maximum absolute atomic E-state index is 14.5. The van der Waals surface area contributed by atoms with E-state index in [4.69, 9.17) is 24.7 Å². The molecule has 4 heterocycles. The summed E-state index contributed by atoms with van der Waals surface area (Å²) < 4.78 is 36.9. The van der Waals surface area contributed by atoms with Crippen LogP contribution in [0.3, 0.4) is 0 Å². The number of nitrogens with zero attached hydrogens (tertiary/aromatic N) is 4. The zero-order chi connectivity index (χ0) is 20.9. The third-order valence-corrected chi connectivity index (χ3v) is 4.80. The van der Waals surface area contributed by atoms with Gasteiger partial charge in [0.05, 0.1) is 11.6 Å². The quantitative estimate of drug-likeness (QED) is 0.719. The van der Waals surface area contributed by atoms with E-state index >= 15 is 0 Å². The minimum atomic E-state index is -1.97. The molecule has 2 N–H and O–H groups in total. The molecule has 2 aromatic heterocycles. The van der Waals surface area contributed by atoms with Gasteiger partial charge in [0.25, 0.3) is 0 Å². The number of halogens is 1. The molecule has 2 aliphatic heterocycles. The molecule has 0 aliphatic carbocycles. The number of carbonyl (C=O) groups excluding carboxylic acids is 2. The highest BCUT2D eigenvalue weighted by Crippen LogP contribution is 2.46. The second kappa shape index (κ2) is 6.56. The van der Waals surface area contributed by atoms with Crippen LogP contribution in [0.1, 0.15) is 19.5 Å². The van der Waals surface area contributed by atoms with Gasteiger partial charge < -0.3 is 24.7 Å². The number of hydrogen-bond donors (Lipinski definition) is 1. The van der Waals surface area contributed by atoms with Gasteiger partial charge in [-0.3, -0.25) is 4.79 Å². The van der Waals surface area contributed by atoms with Crippen molar-refractivity contribution >= 4 is 23.5 Å². The van der Waals surface area contributed by atoms with Crippen LogP contribution in [-0.2, 0) is 29.3 Å². The standard InChI is InChI=1S/C17H16FN5O6/c1-7(2)15(24)26-4-9-12-13(28-16(25)27-12)17(5-19,29-9)10-3-8(18)11-14(20)21-6-22-23(10)11/h3,6-7,9,12-13H,4H2,1-2H3,(H2,20,21,22)/t9-,12-,13-,17+/m1/s1. The molecule has 2 aliphatic rings. The summed E-state index contributed by atoms with van der Waals surface area (Å²) in [7, 11) is 0. The van der Waals surface area contributed by atoms with Gasteiger partial charge in [-0.15, -0.1) is 0 Å². The van der Waals surface area contributed by atoms with Crippen LogP contribution >= 0.6 is 0 Å². The third kappa shape index (κ3) is 2.73. The Bertz CT molecular complexity index is 1050. The van der Waals surface area contributed by atoms with E-state index in [1.807, 2.05) is 6.07 Å². The van der Waals surface area contributed by atoms with Gasteiger partial charge in [-0.05, 0) is 0 Å². The smallest absolute Gasteiger partial charge is 0.463 e. The summed E-state index contributed by atoms with van der Waals surface area (Å²) in [5.41, 5.74) is 3.53. The van der Waals surface area contributed by atoms with Crippen molar-refractivity contribution in [2.75, 3.05) is 12.3 Å². The molecular formula is C17H16FN5O6. The van der Waals surface area contributed by atoms with Gasteiger partial charge in [-0.1, -0.05) is 13.8 Å². The lowest BCUT2D eigenvalue weighted by Crippen LogP contribution is -2.39. The SMILES string of the molecule is CC(C)C(=O)OC[C@H]1O[C@@](C#N)(c2cc(F)c3c(N)ncnn23)[C@@H]2OC(=O)O[C@@H]21. The van der Waals surface area contributed by atoms with Crippen LogP contribution in [0.2, 0.25) is 0 Å². The first-order chi connectivity index (χ1) is 13.8. The number of carbonyl (C=O) groups is 2. The van der Waals surface area contributed by atoms with Crippen molar-refractivity contribution < 1.29 is 32.9 Å². The molecule has 29 heavy (non-hydrogen) atoms. The van der Waals surface area contributed by atoms with E-state index in [0.717, 1.165) is 16.9 Å². The Kier molecular flexibility index (Phi) is 4.27. The lowest BCUT2D eigenvalue weighted by molar-refractivity contribution is -0.155. The number of fused-ring (bicyclic) bond motifs is 2. The summed E-state index contributed by atoms with van der Waals surface area (Å²) in [6.45, 7) is 3.01. The number of hydrogen-bond acceptors (Lipinski definition) is 10. The predicted octanol–water partition coefficient (Wildman–Crippen LogP) is 0.671. The van der Waals surface area contributed by atoms with Crippen molar-refractivity contribution in [3.63, 3.8) is 0 Å². The Labute approximate surface area is 163 Å². The summed E-state index contributed by atoms with van der Waals surface area (Å²) in [6, 6.07) is 2.95. The first-order valence-corrected chi connectivity index (χ1v) is 8.69. The highest BCUT2D eigenvalue weighted by molar-refractivity contribution is 5.71. The molecule has 4 rings (SSSR count). The van der Waals surface area contributed by atoms with Gasteiger partial charge in [-0.25, -0.2) is 18.7 Å². The van der Waals surface area contributed by atoms with Crippen LogP contribution in [-0.4, -0.2) is 51.6 Å². The number of aromatic nitrogens is 3. The Hall–Kier alpha value is -3.46. The Morgan fingerprint density at radius 3 is 2.97 bits per heavy atom. The van der Waals surface area contributed by atoms with Crippen molar-refractivity contribution in [1.82, 2.24) is 14.6 Å². The van der Waals surface area contributed by atoms with Gasteiger partial charge in [0.15, 0.2) is 23.8 Å². The van der Waals surface area contributed by atoms with Gasteiger partial charge >= 0.3 is 12.1 Å². The molecule has 2 fully saturated rings. The number of nitrogens with two attached hydrogens (primary N) is 1.